The first-order valence-electron chi connectivity index (χ1n) is 8.47. The first-order chi connectivity index (χ1) is 13.6. The van der Waals surface area contributed by atoms with E-state index in [-0.39, 0.29) is 34.1 Å². The highest BCUT2D eigenvalue weighted by Gasteiger charge is 2.31. The molecule has 29 heavy (non-hydrogen) atoms. The van der Waals surface area contributed by atoms with E-state index < -0.39 is 23.4 Å². The minimum atomic E-state index is -4.53. The fraction of sp³-hybridized carbons (Fsp3) is 0.150. The molecule has 0 spiro atoms. The van der Waals surface area contributed by atoms with Crippen LogP contribution in [-0.2, 0) is 11.0 Å². The lowest BCUT2D eigenvalue weighted by Gasteiger charge is -2.10. The largest absolute Gasteiger partial charge is 0.506 e. The Hall–Kier alpha value is -3.62. The number of ketones is 1. The van der Waals surface area contributed by atoms with Gasteiger partial charge in [0.15, 0.2) is 0 Å². The maximum Gasteiger partial charge on any atom is 0.416 e. The van der Waals surface area contributed by atoms with Crippen LogP contribution in [0, 0.1) is 13.8 Å². The number of hydrogen-bond donors (Lipinski definition) is 2. The van der Waals surface area contributed by atoms with Crippen molar-refractivity contribution in [3.05, 3.63) is 71.0 Å². The minimum Gasteiger partial charge on any atom is -0.506 e. The molecule has 1 aromatic heterocycles. The number of rotatable bonds is 4. The Morgan fingerprint density at radius 1 is 1.07 bits per heavy atom. The second-order valence-electron chi connectivity index (χ2n) is 6.31. The highest BCUT2D eigenvalue weighted by atomic mass is 19.4. The van der Waals surface area contributed by atoms with Crippen LogP contribution in [0.4, 0.5) is 18.9 Å². The number of hydrogen-bond acceptors (Lipinski definition) is 4. The van der Waals surface area contributed by atoms with Gasteiger partial charge in [-0.15, -0.1) is 0 Å². The molecule has 0 atom stereocenters. The van der Waals surface area contributed by atoms with Crippen molar-refractivity contribution in [2.24, 2.45) is 0 Å². The summed E-state index contributed by atoms with van der Waals surface area (Å²) in [5.41, 5.74) is -0.285. The lowest BCUT2D eigenvalue weighted by Crippen LogP contribution is -2.24. The molecule has 150 valence electrons. The zero-order valence-electron chi connectivity index (χ0n) is 15.4. The molecule has 0 radical (unpaired) electrons. The van der Waals surface area contributed by atoms with Crippen molar-refractivity contribution in [2.45, 2.75) is 20.0 Å². The van der Waals surface area contributed by atoms with E-state index in [1.165, 1.54) is 42.8 Å². The Morgan fingerprint density at radius 2 is 1.76 bits per heavy atom. The average molecular weight is 403 g/mol. The second kappa shape index (κ2) is 7.42. The van der Waals surface area contributed by atoms with Crippen LogP contribution in [0.25, 0.3) is 5.69 Å². The highest BCUT2D eigenvalue weighted by Crippen LogP contribution is 2.31. The van der Waals surface area contributed by atoms with E-state index in [4.69, 9.17) is 0 Å². The molecule has 9 heteroatoms. The van der Waals surface area contributed by atoms with Crippen LogP contribution in [0.15, 0.2) is 48.5 Å². The van der Waals surface area contributed by atoms with Crippen molar-refractivity contribution < 1.29 is 27.9 Å². The van der Waals surface area contributed by atoms with E-state index in [1.54, 1.807) is 12.1 Å². The summed E-state index contributed by atoms with van der Waals surface area (Å²) in [7, 11) is 0. The fourth-order valence-electron chi connectivity index (χ4n) is 2.91. The molecule has 1 amide bonds. The number of nitrogens with zero attached hydrogens (tertiary/aromatic N) is 2. The van der Waals surface area contributed by atoms with E-state index in [2.05, 4.69) is 10.4 Å². The number of aryl methyl sites for hydroxylation is 1. The summed E-state index contributed by atoms with van der Waals surface area (Å²) in [6.45, 7) is 2.97. The van der Waals surface area contributed by atoms with E-state index in [9.17, 15) is 27.9 Å². The normalized spacial score (nSPS) is 11.3. The molecule has 0 aliphatic rings. The maximum atomic E-state index is 13.0. The first kappa shape index (κ1) is 20.1. The van der Waals surface area contributed by atoms with Gasteiger partial charge in [0.05, 0.1) is 33.9 Å². The fourth-order valence-corrected chi connectivity index (χ4v) is 2.91. The summed E-state index contributed by atoms with van der Waals surface area (Å²) in [6.07, 6.45) is -4.53. The number of nitrogens with one attached hydrogen (secondary N) is 1. The highest BCUT2D eigenvalue weighted by molar-refractivity contribution is 6.47. The molecule has 0 unspecified atom stereocenters. The Kier molecular flexibility index (Phi) is 5.15. The maximum absolute atomic E-state index is 13.0. The predicted octanol–water partition coefficient (Wildman–Crippen LogP) is 4.03. The van der Waals surface area contributed by atoms with Crippen LogP contribution in [0.2, 0.25) is 0 Å². The van der Waals surface area contributed by atoms with Gasteiger partial charge in [-0.25, -0.2) is 4.68 Å². The summed E-state index contributed by atoms with van der Waals surface area (Å²) < 4.78 is 40.1. The number of aromatic nitrogens is 2. The van der Waals surface area contributed by atoms with Crippen molar-refractivity contribution in [1.82, 2.24) is 9.78 Å². The molecule has 0 bridgehead atoms. The van der Waals surface area contributed by atoms with Gasteiger partial charge in [-0.05, 0) is 44.2 Å². The summed E-state index contributed by atoms with van der Waals surface area (Å²) in [5.74, 6) is -2.12. The number of benzene rings is 2. The zero-order valence-corrected chi connectivity index (χ0v) is 15.4. The van der Waals surface area contributed by atoms with E-state index in [0.717, 1.165) is 12.1 Å². The quantitative estimate of drug-likeness (QED) is 0.391. The number of phenols is 1. The number of alkyl halides is 3. The van der Waals surface area contributed by atoms with Crippen molar-refractivity contribution in [2.75, 3.05) is 5.32 Å². The summed E-state index contributed by atoms with van der Waals surface area (Å²) >= 11 is 0. The van der Waals surface area contributed by atoms with Crippen LogP contribution in [-0.4, -0.2) is 26.6 Å². The van der Waals surface area contributed by atoms with Gasteiger partial charge < -0.3 is 10.4 Å². The molecule has 6 nitrogen and oxygen atoms in total. The summed E-state index contributed by atoms with van der Waals surface area (Å²) in [6, 6.07) is 10.4. The molecular formula is C20H16F3N3O3. The molecule has 0 saturated carbocycles. The van der Waals surface area contributed by atoms with Gasteiger partial charge in [-0.2, -0.15) is 18.3 Å². The topological polar surface area (TPSA) is 84.2 Å². The minimum absolute atomic E-state index is 0.0182. The molecule has 0 fully saturated rings. The Balaban J connectivity index is 1.95. The van der Waals surface area contributed by atoms with E-state index in [1.807, 2.05) is 0 Å². The molecular weight excluding hydrogens is 387 g/mol. The van der Waals surface area contributed by atoms with E-state index in [0.29, 0.717) is 0 Å². The Bertz CT molecular complexity index is 1100. The number of aromatic hydroxyl groups is 1. The molecule has 0 aliphatic heterocycles. The Morgan fingerprint density at radius 3 is 2.41 bits per heavy atom. The van der Waals surface area contributed by atoms with Crippen LogP contribution < -0.4 is 5.32 Å². The standard InChI is InChI=1S/C20H16F3N3O3/c1-11-17(18(28)19(29)24-15-8-3-4-9-16(15)27)12(2)26(25-11)14-7-5-6-13(10-14)20(21,22)23/h3-10,27H,1-2H3,(H,24,29). The van der Waals surface area contributed by atoms with Gasteiger partial charge in [-0.1, -0.05) is 18.2 Å². The van der Waals surface area contributed by atoms with Crippen LogP contribution >= 0.6 is 0 Å². The van der Waals surface area contributed by atoms with Crippen LogP contribution in [0.5, 0.6) is 5.75 Å². The third-order valence-corrected chi connectivity index (χ3v) is 4.29. The number of halogens is 3. The molecule has 2 N–H and O–H groups in total. The molecule has 0 aliphatic carbocycles. The third-order valence-electron chi connectivity index (χ3n) is 4.29. The average Bonchev–Trinajstić information content (AvgIpc) is 2.96. The lowest BCUT2D eigenvalue weighted by atomic mass is 10.1. The number of carbonyl (C=O) groups is 2. The number of carbonyl (C=O) groups excluding carboxylic acids is 2. The monoisotopic (exact) mass is 403 g/mol. The van der Waals surface area contributed by atoms with Crippen LogP contribution in [0.3, 0.4) is 0 Å². The van der Waals surface area contributed by atoms with Crippen LogP contribution in [0.1, 0.15) is 27.3 Å². The van der Waals surface area contributed by atoms with Crippen molar-refractivity contribution in [1.29, 1.82) is 0 Å². The molecule has 2 aromatic carbocycles. The van der Waals surface area contributed by atoms with Gasteiger partial charge in [0, 0.05) is 0 Å². The number of Topliss-reactive ketones (excluding diaryl/α,β-unsaturated/α-hetero) is 1. The smallest absolute Gasteiger partial charge is 0.416 e. The number of amides is 1. The van der Waals surface area contributed by atoms with Crippen molar-refractivity contribution in [3.8, 4) is 11.4 Å². The Labute approximate surface area is 163 Å². The molecule has 3 rings (SSSR count). The zero-order chi connectivity index (χ0) is 21.3. The van der Waals surface area contributed by atoms with Gasteiger partial charge in [-0.3, -0.25) is 9.59 Å². The van der Waals surface area contributed by atoms with E-state index >= 15 is 0 Å². The number of para-hydroxylation sites is 2. The van der Waals surface area contributed by atoms with Gasteiger partial charge in [0.2, 0.25) is 0 Å². The number of anilines is 1. The van der Waals surface area contributed by atoms with Crippen molar-refractivity contribution >= 4 is 17.4 Å². The van der Waals surface area contributed by atoms with Gasteiger partial charge in [0.1, 0.15) is 5.75 Å². The SMILES string of the molecule is Cc1nn(-c2cccc(C(F)(F)F)c2)c(C)c1C(=O)C(=O)Nc1ccccc1O. The van der Waals surface area contributed by atoms with Gasteiger partial charge >= 0.3 is 6.18 Å². The second-order valence-corrected chi connectivity index (χ2v) is 6.31. The summed E-state index contributed by atoms with van der Waals surface area (Å²) in [5, 5.41) is 16.2. The lowest BCUT2D eigenvalue weighted by molar-refractivity contribution is -0.137. The van der Waals surface area contributed by atoms with Gasteiger partial charge in [0.25, 0.3) is 11.7 Å². The molecule has 3 aromatic rings. The third kappa shape index (κ3) is 3.98. The van der Waals surface area contributed by atoms with Crippen molar-refractivity contribution in [3.63, 3.8) is 0 Å². The predicted molar refractivity (Wildman–Crippen MR) is 99.1 cm³/mol. The molecule has 0 saturated heterocycles. The number of phenolic OH excluding ortho intramolecular Hbond substituents is 1. The molecule has 1 heterocycles. The first-order valence-corrected chi connectivity index (χ1v) is 8.47. The summed E-state index contributed by atoms with van der Waals surface area (Å²) in [4.78, 5) is 25.0.